The second-order valence-corrected chi connectivity index (χ2v) is 3.20. The molecule has 1 aliphatic carbocycles. The maximum absolute atomic E-state index is 5.99. The molecule has 2 heteroatoms. The second kappa shape index (κ2) is 3.87. The van der Waals surface area contributed by atoms with E-state index in [4.69, 9.17) is 16.3 Å². The Morgan fingerprint density at radius 3 is 2.70 bits per heavy atom. The predicted octanol–water partition coefficient (Wildman–Crippen LogP) is 2.70. The molecule has 10 heavy (non-hydrogen) atoms. The Hall–Kier alpha value is -0.170. The maximum Gasteiger partial charge on any atom is 0.114 e. The van der Waals surface area contributed by atoms with Gasteiger partial charge in [0.15, 0.2) is 0 Å². The predicted molar refractivity (Wildman–Crippen MR) is 43.2 cm³/mol. The van der Waals surface area contributed by atoms with Crippen molar-refractivity contribution in [2.24, 2.45) is 0 Å². The summed E-state index contributed by atoms with van der Waals surface area (Å²) < 4.78 is 5.23. The monoisotopic (exact) mass is 160 g/mol. The Kier molecular flexibility index (Phi) is 3.07. The van der Waals surface area contributed by atoms with Gasteiger partial charge in [-0.05, 0) is 19.3 Å². The number of alkyl halides is 1. The van der Waals surface area contributed by atoms with Crippen LogP contribution >= 0.6 is 11.6 Å². The largest absolute Gasteiger partial charge is 0.497 e. The minimum absolute atomic E-state index is 0.201. The minimum atomic E-state index is 0.201. The fourth-order valence-corrected chi connectivity index (χ4v) is 1.67. The summed E-state index contributed by atoms with van der Waals surface area (Å²) in [6.45, 7) is 3.51. The van der Waals surface area contributed by atoms with Crippen LogP contribution in [0.4, 0.5) is 0 Å². The zero-order valence-electron chi connectivity index (χ0n) is 6.05. The average molecular weight is 161 g/mol. The van der Waals surface area contributed by atoms with E-state index in [1.807, 2.05) is 0 Å². The van der Waals surface area contributed by atoms with Gasteiger partial charge in [-0.25, -0.2) is 0 Å². The molecule has 1 aliphatic rings. The first-order valence-electron chi connectivity index (χ1n) is 3.75. The molecule has 1 saturated carbocycles. The molecular formula is C8H13ClO. The highest BCUT2D eigenvalue weighted by Gasteiger charge is 2.23. The summed E-state index contributed by atoms with van der Waals surface area (Å²) in [4.78, 5) is 0. The summed E-state index contributed by atoms with van der Waals surface area (Å²) in [5.41, 5.74) is 0. The lowest BCUT2D eigenvalue weighted by atomic mass is 9.97. The van der Waals surface area contributed by atoms with Crippen molar-refractivity contribution in [3.63, 3.8) is 0 Å². The Morgan fingerprint density at radius 1 is 1.40 bits per heavy atom. The van der Waals surface area contributed by atoms with Crippen molar-refractivity contribution in [2.75, 3.05) is 0 Å². The Balaban J connectivity index is 2.32. The van der Waals surface area contributed by atoms with Crippen LogP contribution < -0.4 is 0 Å². The van der Waals surface area contributed by atoms with Gasteiger partial charge in [0.1, 0.15) is 6.10 Å². The molecule has 0 amide bonds. The van der Waals surface area contributed by atoms with Gasteiger partial charge in [-0.2, -0.15) is 0 Å². The molecule has 0 radical (unpaired) electrons. The number of halogens is 1. The standard InChI is InChI=1S/C8H13ClO/c1-2-10-8-6-4-3-5-7(8)9/h2,7-8H,1,3-6H2. The first-order chi connectivity index (χ1) is 4.84. The molecule has 0 aromatic carbocycles. The van der Waals surface area contributed by atoms with Crippen LogP contribution in [0.2, 0.25) is 0 Å². The number of rotatable bonds is 2. The van der Waals surface area contributed by atoms with Crippen molar-refractivity contribution in [3.8, 4) is 0 Å². The molecule has 1 nitrogen and oxygen atoms in total. The SMILES string of the molecule is C=COC1CCCCC1Cl. The molecule has 0 aliphatic heterocycles. The van der Waals surface area contributed by atoms with Crippen molar-refractivity contribution < 1.29 is 4.74 Å². The van der Waals surface area contributed by atoms with Crippen molar-refractivity contribution >= 4 is 11.6 Å². The summed E-state index contributed by atoms with van der Waals surface area (Å²) in [5.74, 6) is 0. The minimum Gasteiger partial charge on any atom is -0.497 e. The maximum atomic E-state index is 5.99. The quantitative estimate of drug-likeness (QED) is 0.446. The average Bonchev–Trinajstić information content (AvgIpc) is 1.94. The molecule has 2 unspecified atom stereocenters. The van der Waals surface area contributed by atoms with Gasteiger partial charge < -0.3 is 4.74 Å². The summed E-state index contributed by atoms with van der Waals surface area (Å²) in [5, 5.41) is 0.201. The van der Waals surface area contributed by atoms with Gasteiger partial charge in [-0.15, -0.1) is 11.6 Å². The normalized spacial score (nSPS) is 33.3. The van der Waals surface area contributed by atoms with Crippen molar-refractivity contribution in [1.29, 1.82) is 0 Å². The van der Waals surface area contributed by atoms with Crippen LogP contribution in [0.1, 0.15) is 25.7 Å². The molecule has 0 bridgehead atoms. The first kappa shape index (κ1) is 7.93. The third-order valence-electron chi connectivity index (χ3n) is 1.89. The summed E-state index contributed by atoms with van der Waals surface area (Å²) in [6, 6.07) is 0. The van der Waals surface area contributed by atoms with E-state index < -0.39 is 0 Å². The number of ether oxygens (including phenoxy) is 1. The van der Waals surface area contributed by atoms with Crippen LogP contribution in [-0.2, 0) is 4.74 Å². The highest BCUT2D eigenvalue weighted by molar-refractivity contribution is 6.21. The molecule has 0 aromatic heterocycles. The number of hydrogen-bond acceptors (Lipinski definition) is 1. The summed E-state index contributed by atoms with van der Waals surface area (Å²) in [7, 11) is 0. The second-order valence-electron chi connectivity index (χ2n) is 2.64. The Bertz CT molecular complexity index is 114. The molecule has 2 atom stereocenters. The van der Waals surface area contributed by atoms with Crippen LogP contribution in [0.25, 0.3) is 0 Å². The van der Waals surface area contributed by atoms with Gasteiger partial charge in [-0.3, -0.25) is 0 Å². The van der Waals surface area contributed by atoms with Crippen LogP contribution in [0.5, 0.6) is 0 Å². The third kappa shape index (κ3) is 1.91. The molecule has 0 saturated heterocycles. The van der Waals surface area contributed by atoms with E-state index in [1.165, 1.54) is 19.1 Å². The molecule has 58 valence electrons. The Labute approximate surface area is 67.0 Å². The fraction of sp³-hybridized carbons (Fsp3) is 0.750. The fourth-order valence-electron chi connectivity index (χ4n) is 1.33. The van der Waals surface area contributed by atoms with Gasteiger partial charge in [-0.1, -0.05) is 13.0 Å². The Morgan fingerprint density at radius 2 is 2.10 bits per heavy atom. The molecule has 0 spiro atoms. The van der Waals surface area contributed by atoms with E-state index in [0.29, 0.717) is 0 Å². The number of hydrogen-bond donors (Lipinski definition) is 0. The smallest absolute Gasteiger partial charge is 0.114 e. The topological polar surface area (TPSA) is 9.23 Å². The van der Waals surface area contributed by atoms with Crippen LogP contribution in [0, 0.1) is 0 Å². The van der Waals surface area contributed by atoms with Crippen molar-refractivity contribution in [1.82, 2.24) is 0 Å². The lowest BCUT2D eigenvalue weighted by Gasteiger charge is -2.25. The highest BCUT2D eigenvalue weighted by Crippen LogP contribution is 2.25. The summed E-state index contributed by atoms with van der Waals surface area (Å²) in [6.07, 6.45) is 6.35. The van der Waals surface area contributed by atoms with Gasteiger partial charge in [0, 0.05) is 0 Å². The van der Waals surface area contributed by atoms with E-state index in [1.54, 1.807) is 0 Å². The molecule has 1 fully saturated rings. The molecule has 1 rings (SSSR count). The lowest BCUT2D eigenvalue weighted by Crippen LogP contribution is -2.26. The van der Waals surface area contributed by atoms with E-state index >= 15 is 0 Å². The summed E-state index contributed by atoms with van der Waals surface area (Å²) >= 11 is 5.99. The van der Waals surface area contributed by atoms with Crippen LogP contribution in [0.3, 0.4) is 0 Å². The zero-order valence-corrected chi connectivity index (χ0v) is 6.81. The highest BCUT2D eigenvalue weighted by atomic mass is 35.5. The van der Waals surface area contributed by atoms with E-state index in [0.717, 1.165) is 12.8 Å². The van der Waals surface area contributed by atoms with Gasteiger partial charge in [0.25, 0.3) is 0 Å². The van der Waals surface area contributed by atoms with E-state index in [9.17, 15) is 0 Å². The molecular weight excluding hydrogens is 148 g/mol. The third-order valence-corrected chi connectivity index (χ3v) is 2.39. The van der Waals surface area contributed by atoms with Crippen molar-refractivity contribution in [2.45, 2.75) is 37.2 Å². The van der Waals surface area contributed by atoms with Gasteiger partial charge in [0.05, 0.1) is 11.6 Å². The molecule has 0 N–H and O–H groups in total. The van der Waals surface area contributed by atoms with Crippen LogP contribution in [0.15, 0.2) is 12.8 Å². The lowest BCUT2D eigenvalue weighted by molar-refractivity contribution is 0.111. The molecule has 0 aromatic rings. The van der Waals surface area contributed by atoms with Gasteiger partial charge >= 0.3 is 0 Å². The van der Waals surface area contributed by atoms with Crippen molar-refractivity contribution in [3.05, 3.63) is 12.8 Å². The van der Waals surface area contributed by atoms with E-state index in [-0.39, 0.29) is 11.5 Å². The van der Waals surface area contributed by atoms with Gasteiger partial charge in [0.2, 0.25) is 0 Å². The van der Waals surface area contributed by atoms with E-state index in [2.05, 4.69) is 6.58 Å². The zero-order chi connectivity index (χ0) is 7.40. The van der Waals surface area contributed by atoms with Crippen LogP contribution in [-0.4, -0.2) is 11.5 Å². The molecule has 0 heterocycles. The first-order valence-corrected chi connectivity index (χ1v) is 4.18.